The highest BCUT2D eigenvalue weighted by molar-refractivity contribution is 6.08. The lowest BCUT2D eigenvalue weighted by Gasteiger charge is -2.14. The molecule has 1 aromatic heterocycles. The van der Waals surface area contributed by atoms with Crippen LogP contribution in [0.2, 0.25) is 0 Å². The van der Waals surface area contributed by atoms with Crippen LogP contribution in [-0.2, 0) is 14.3 Å². The Kier molecular flexibility index (Phi) is 3.92. The lowest BCUT2D eigenvalue weighted by molar-refractivity contribution is -0.145. The minimum absolute atomic E-state index is 0.0947. The van der Waals surface area contributed by atoms with E-state index in [2.05, 4.69) is 0 Å². The number of hydrogen-bond donors (Lipinski definition) is 0. The molecule has 0 aliphatic rings. The monoisotopic (exact) mass is 296 g/mol. The second-order valence-electron chi connectivity index (χ2n) is 5.03. The zero-order chi connectivity index (χ0) is 15.5. The number of carbonyl (C=O) groups is 2. The lowest BCUT2D eigenvalue weighted by atomic mass is 9.92. The van der Waals surface area contributed by atoms with E-state index in [1.54, 1.807) is 6.92 Å². The van der Waals surface area contributed by atoms with Gasteiger partial charge in [0, 0.05) is 17.2 Å². The van der Waals surface area contributed by atoms with Crippen LogP contribution in [0.25, 0.3) is 21.9 Å². The first-order valence-corrected chi connectivity index (χ1v) is 7.26. The Labute approximate surface area is 127 Å². The molecule has 0 radical (unpaired) electrons. The van der Waals surface area contributed by atoms with Gasteiger partial charge in [0.25, 0.3) is 0 Å². The van der Waals surface area contributed by atoms with E-state index >= 15 is 0 Å². The highest BCUT2D eigenvalue weighted by atomic mass is 16.5. The van der Waals surface area contributed by atoms with Gasteiger partial charge in [0.15, 0.2) is 0 Å². The Balaban J connectivity index is 2.23. The minimum Gasteiger partial charge on any atom is -0.466 e. The number of carbonyl (C=O) groups excluding carboxylic acids is 2. The molecule has 0 fully saturated rings. The van der Waals surface area contributed by atoms with Gasteiger partial charge in [-0.1, -0.05) is 30.3 Å². The van der Waals surface area contributed by atoms with Gasteiger partial charge >= 0.3 is 5.97 Å². The van der Waals surface area contributed by atoms with Crippen LogP contribution in [0.4, 0.5) is 0 Å². The Morgan fingerprint density at radius 3 is 2.73 bits per heavy atom. The fraction of sp³-hybridized carbons (Fsp3) is 0.222. The van der Waals surface area contributed by atoms with E-state index in [1.165, 1.54) is 0 Å². The molecule has 0 amide bonds. The molecule has 1 heterocycles. The molecule has 4 nitrogen and oxygen atoms in total. The number of ether oxygens (including phenoxy) is 1. The number of esters is 1. The molecule has 0 saturated carbocycles. The van der Waals surface area contributed by atoms with Crippen LogP contribution in [-0.4, -0.2) is 18.9 Å². The molecule has 1 unspecified atom stereocenters. The van der Waals surface area contributed by atoms with Gasteiger partial charge in [0.05, 0.1) is 12.5 Å². The summed E-state index contributed by atoms with van der Waals surface area (Å²) in [4.78, 5) is 23.2. The van der Waals surface area contributed by atoms with E-state index in [-0.39, 0.29) is 19.0 Å². The summed E-state index contributed by atoms with van der Waals surface area (Å²) < 4.78 is 10.9. The predicted molar refractivity (Wildman–Crippen MR) is 83.8 cm³/mol. The molecule has 4 heteroatoms. The van der Waals surface area contributed by atoms with Crippen LogP contribution in [0.5, 0.6) is 0 Å². The van der Waals surface area contributed by atoms with E-state index in [4.69, 9.17) is 9.15 Å². The summed E-state index contributed by atoms with van der Waals surface area (Å²) in [7, 11) is 0. The van der Waals surface area contributed by atoms with Crippen molar-refractivity contribution in [3.8, 4) is 0 Å². The van der Waals surface area contributed by atoms with Gasteiger partial charge in [-0.3, -0.25) is 4.79 Å². The van der Waals surface area contributed by atoms with Gasteiger partial charge in [-0.15, -0.1) is 0 Å². The molecule has 0 bridgehead atoms. The maximum atomic E-state index is 12.2. The third-order valence-corrected chi connectivity index (χ3v) is 3.71. The minimum atomic E-state index is -0.609. The Morgan fingerprint density at radius 2 is 1.95 bits per heavy atom. The summed E-state index contributed by atoms with van der Waals surface area (Å²) in [5.41, 5.74) is 2.24. The Bertz CT molecular complexity index is 831. The van der Waals surface area contributed by atoms with Gasteiger partial charge in [0.1, 0.15) is 17.5 Å². The molecule has 0 aliphatic heterocycles. The highest BCUT2D eigenvalue weighted by Gasteiger charge is 2.25. The summed E-state index contributed by atoms with van der Waals surface area (Å²) in [6.07, 6.45) is 0.847. The standard InChI is InChI=1S/C18H16O4/c1-2-21-18(20)13(10-11-19)12-7-5-9-16-17(12)14-6-3-4-8-15(14)22-16/h3-9,11,13H,2,10H2,1H3. The molecule has 3 rings (SSSR count). The summed E-state index contributed by atoms with van der Waals surface area (Å²) in [6.45, 7) is 2.04. The molecule has 22 heavy (non-hydrogen) atoms. The Morgan fingerprint density at radius 1 is 1.18 bits per heavy atom. The first-order valence-electron chi connectivity index (χ1n) is 7.26. The molecule has 0 aliphatic carbocycles. The van der Waals surface area contributed by atoms with Crippen LogP contribution in [0.15, 0.2) is 46.9 Å². The van der Waals surface area contributed by atoms with Gasteiger partial charge in [-0.25, -0.2) is 0 Å². The van der Waals surface area contributed by atoms with Crippen molar-refractivity contribution >= 4 is 34.2 Å². The first kappa shape index (κ1) is 14.3. The number of hydrogen-bond acceptors (Lipinski definition) is 4. The quantitative estimate of drug-likeness (QED) is 0.530. The van der Waals surface area contributed by atoms with Crippen LogP contribution < -0.4 is 0 Å². The smallest absolute Gasteiger partial charge is 0.313 e. The SMILES string of the molecule is CCOC(=O)C(CC=O)c1cccc2oc3ccccc3c12. The maximum absolute atomic E-state index is 12.2. The molecular formula is C18H16O4. The second-order valence-corrected chi connectivity index (χ2v) is 5.03. The zero-order valence-electron chi connectivity index (χ0n) is 12.2. The average molecular weight is 296 g/mol. The first-order chi connectivity index (χ1) is 10.8. The van der Waals surface area contributed by atoms with Crippen LogP contribution >= 0.6 is 0 Å². The van der Waals surface area contributed by atoms with Crippen molar-refractivity contribution in [2.75, 3.05) is 6.61 Å². The molecule has 2 aromatic carbocycles. The van der Waals surface area contributed by atoms with E-state index in [0.717, 1.165) is 28.2 Å². The van der Waals surface area contributed by atoms with Crippen LogP contribution in [0, 0.1) is 0 Å². The summed E-state index contributed by atoms with van der Waals surface area (Å²) >= 11 is 0. The van der Waals surface area contributed by atoms with Gasteiger partial charge in [-0.2, -0.15) is 0 Å². The number of furan rings is 1. The van der Waals surface area contributed by atoms with Gasteiger partial charge < -0.3 is 13.9 Å². The van der Waals surface area contributed by atoms with Crippen molar-refractivity contribution in [3.63, 3.8) is 0 Å². The molecular weight excluding hydrogens is 280 g/mol. The van der Waals surface area contributed by atoms with Crippen LogP contribution in [0.1, 0.15) is 24.8 Å². The largest absolute Gasteiger partial charge is 0.466 e. The van der Waals surface area contributed by atoms with Crippen molar-refractivity contribution in [3.05, 3.63) is 48.0 Å². The summed E-state index contributed by atoms with van der Waals surface area (Å²) in [6, 6.07) is 13.2. The number of fused-ring (bicyclic) bond motifs is 3. The summed E-state index contributed by atoms with van der Waals surface area (Å²) in [5, 5.41) is 1.81. The van der Waals surface area contributed by atoms with Crippen LogP contribution in [0.3, 0.4) is 0 Å². The van der Waals surface area contributed by atoms with Crippen molar-refractivity contribution < 1.29 is 18.7 Å². The second kappa shape index (κ2) is 6.02. The van der Waals surface area contributed by atoms with E-state index in [9.17, 15) is 9.59 Å². The Hall–Kier alpha value is -2.62. The third kappa shape index (κ3) is 2.37. The van der Waals surface area contributed by atoms with Crippen molar-refractivity contribution in [2.45, 2.75) is 19.3 Å². The van der Waals surface area contributed by atoms with Gasteiger partial charge in [-0.05, 0) is 24.6 Å². The fourth-order valence-electron chi connectivity index (χ4n) is 2.78. The maximum Gasteiger partial charge on any atom is 0.313 e. The highest BCUT2D eigenvalue weighted by Crippen LogP contribution is 2.35. The fourth-order valence-corrected chi connectivity index (χ4v) is 2.78. The third-order valence-electron chi connectivity index (χ3n) is 3.71. The van der Waals surface area contributed by atoms with Crippen molar-refractivity contribution in [2.24, 2.45) is 0 Å². The van der Waals surface area contributed by atoms with Crippen molar-refractivity contribution in [1.82, 2.24) is 0 Å². The zero-order valence-corrected chi connectivity index (χ0v) is 12.2. The number of rotatable bonds is 5. The van der Waals surface area contributed by atoms with E-state index in [0.29, 0.717) is 5.58 Å². The number of aldehydes is 1. The number of para-hydroxylation sites is 1. The summed E-state index contributed by atoms with van der Waals surface area (Å²) in [5.74, 6) is -0.991. The number of benzene rings is 2. The lowest BCUT2D eigenvalue weighted by Crippen LogP contribution is -2.16. The van der Waals surface area contributed by atoms with Gasteiger partial charge in [0.2, 0.25) is 0 Å². The normalized spacial score (nSPS) is 12.4. The predicted octanol–water partition coefficient (Wildman–Crippen LogP) is 3.82. The topological polar surface area (TPSA) is 56.5 Å². The van der Waals surface area contributed by atoms with E-state index in [1.807, 2.05) is 42.5 Å². The molecule has 3 aromatic rings. The molecule has 0 spiro atoms. The molecule has 0 N–H and O–H groups in total. The molecule has 112 valence electrons. The van der Waals surface area contributed by atoms with Crippen molar-refractivity contribution in [1.29, 1.82) is 0 Å². The van der Waals surface area contributed by atoms with E-state index < -0.39 is 5.92 Å². The molecule has 1 atom stereocenters. The molecule has 0 saturated heterocycles. The average Bonchev–Trinajstić information content (AvgIpc) is 2.91.